The molecule has 0 aliphatic carbocycles. The molecule has 2 saturated heterocycles. The quantitative estimate of drug-likeness (QED) is 0.705. The van der Waals surface area contributed by atoms with Gasteiger partial charge in [-0.05, 0) is 31.4 Å². The molecule has 33 heavy (non-hydrogen) atoms. The number of rotatable bonds is 4. The van der Waals surface area contributed by atoms with Gasteiger partial charge in [-0.3, -0.25) is 19.4 Å². The molecule has 0 bridgehead atoms. The Bertz CT molecular complexity index is 953. The second-order valence-electron chi connectivity index (χ2n) is 8.18. The first-order valence-corrected chi connectivity index (χ1v) is 10.4. The number of hydrogen-bond acceptors (Lipinski definition) is 6. The van der Waals surface area contributed by atoms with Crippen LogP contribution >= 0.6 is 0 Å². The average molecular weight is 469 g/mol. The van der Waals surface area contributed by atoms with E-state index in [4.69, 9.17) is 14.6 Å². The first kappa shape index (κ1) is 24.6. The van der Waals surface area contributed by atoms with Crippen molar-refractivity contribution in [2.75, 3.05) is 19.7 Å². The van der Waals surface area contributed by atoms with Crippen LogP contribution in [0.4, 0.5) is 13.2 Å². The molecule has 0 radical (unpaired) electrons. The number of aryl methyl sites for hydroxylation is 1. The van der Waals surface area contributed by atoms with Crippen LogP contribution in [-0.2, 0) is 23.1 Å². The number of carbonyl (C=O) groups excluding carboxylic acids is 1. The molecule has 9 nitrogen and oxygen atoms in total. The molecule has 0 aromatic carbocycles. The first-order valence-electron chi connectivity index (χ1n) is 10.4. The Hall–Kier alpha value is -2.99. The van der Waals surface area contributed by atoms with Crippen LogP contribution < -0.4 is 5.32 Å². The van der Waals surface area contributed by atoms with Gasteiger partial charge in [0.1, 0.15) is 0 Å². The van der Waals surface area contributed by atoms with Crippen LogP contribution in [0.25, 0.3) is 0 Å². The van der Waals surface area contributed by atoms with Crippen LogP contribution in [0, 0.1) is 0 Å². The predicted octanol–water partition coefficient (Wildman–Crippen LogP) is 2.00. The van der Waals surface area contributed by atoms with Crippen molar-refractivity contribution in [1.82, 2.24) is 25.0 Å². The minimum Gasteiger partial charge on any atom is -0.475 e. The van der Waals surface area contributed by atoms with Gasteiger partial charge in [0.15, 0.2) is 0 Å². The Morgan fingerprint density at radius 1 is 1.36 bits per heavy atom. The number of likely N-dealkylation sites (tertiary alicyclic amines) is 1. The van der Waals surface area contributed by atoms with E-state index in [1.165, 1.54) is 0 Å². The molecular weight excluding hydrogens is 443 g/mol. The van der Waals surface area contributed by atoms with Crippen molar-refractivity contribution in [3.63, 3.8) is 0 Å². The summed E-state index contributed by atoms with van der Waals surface area (Å²) in [6, 6.07) is 6.17. The van der Waals surface area contributed by atoms with Gasteiger partial charge >= 0.3 is 12.1 Å². The molecule has 2 atom stereocenters. The molecule has 2 fully saturated rings. The van der Waals surface area contributed by atoms with Gasteiger partial charge in [-0.2, -0.15) is 18.3 Å². The van der Waals surface area contributed by atoms with E-state index in [0.717, 1.165) is 44.6 Å². The lowest BCUT2D eigenvalue weighted by atomic mass is 9.89. The molecule has 1 spiro atoms. The summed E-state index contributed by atoms with van der Waals surface area (Å²) in [5, 5.41) is 14.4. The van der Waals surface area contributed by atoms with Gasteiger partial charge in [-0.15, -0.1) is 0 Å². The first-order chi connectivity index (χ1) is 15.6. The molecule has 0 saturated carbocycles. The topological polar surface area (TPSA) is 110 Å². The summed E-state index contributed by atoms with van der Waals surface area (Å²) in [7, 11) is 1.81. The summed E-state index contributed by atoms with van der Waals surface area (Å²) < 4.78 is 39.6. The zero-order valence-electron chi connectivity index (χ0n) is 18.1. The number of carboxylic acid groups (broad SMARTS) is 1. The van der Waals surface area contributed by atoms with E-state index in [9.17, 15) is 18.0 Å². The van der Waals surface area contributed by atoms with Crippen molar-refractivity contribution in [3.05, 3.63) is 48.0 Å². The summed E-state index contributed by atoms with van der Waals surface area (Å²) >= 11 is 0. The molecule has 2 aliphatic rings. The van der Waals surface area contributed by atoms with Crippen LogP contribution in [0.15, 0.2) is 36.8 Å². The summed E-state index contributed by atoms with van der Waals surface area (Å²) in [6.45, 7) is 3.43. The number of halogens is 3. The number of aliphatic carboxylic acids is 1. The van der Waals surface area contributed by atoms with Crippen LogP contribution in [0.5, 0.6) is 0 Å². The summed E-state index contributed by atoms with van der Waals surface area (Å²) in [5.74, 6) is -2.81. The van der Waals surface area contributed by atoms with E-state index in [0.29, 0.717) is 12.2 Å². The second kappa shape index (κ2) is 10.3. The van der Waals surface area contributed by atoms with Gasteiger partial charge in [0.25, 0.3) is 5.91 Å². The highest BCUT2D eigenvalue weighted by Gasteiger charge is 2.43. The van der Waals surface area contributed by atoms with E-state index >= 15 is 0 Å². The third-order valence-corrected chi connectivity index (χ3v) is 5.54. The monoisotopic (exact) mass is 469 g/mol. The lowest BCUT2D eigenvalue weighted by Crippen LogP contribution is -2.49. The lowest BCUT2D eigenvalue weighted by molar-refractivity contribution is -0.192. The number of carboxylic acids is 1. The number of amides is 1. The normalized spacial score (nSPS) is 23.1. The molecular formula is C21H26F3N5O4. The Balaban J connectivity index is 0.000000383. The van der Waals surface area contributed by atoms with Gasteiger partial charge in [0.05, 0.1) is 23.1 Å². The fourth-order valence-electron chi connectivity index (χ4n) is 4.03. The number of aromatic nitrogens is 3. The summed E-state index contributed by atoms with van der Waals surface area (Å²) in [4.78, 5) is 28.1. The number of nitrogens with one attached hydrogen (secondary N) is 1. The van der Waals surface area contributed by atoms with Crippen LogP contribution in [0.1, 0.15) is 35.3 Å². The lowest BCUT2D eigenvalue weighted by Gasteiger charge is -2.38. The highest BCUT2D eigenvalue weighted by Crippen LogP contribution is 2.34. The van der Waals surface area contributed by atoms with Crippen molar-refractivity contribution in [1.29, 1.82) is 0 Å². The molecule has 2 aromatic rings. The number of alkyl halides is 3. The van der Waals surface area contributed by atoms with Crippen LogP contribution in [0.2, 0.25) is 0 Å². The predicted molar refractivity (Wildman–Crippen MR) is 110 cm³/mol. The standard InChI is InChI=1S/C19H25N5O2.C2HF3O2/c1-23-12-15(11-21-23)18(25)22-16-5-9-26-19(10-16)6-8-24(14-19)13-17-4-2-3-7-20-17;3-2(4,5)1(6)7/h2-4,7,11-12,16H,5-6,8-10,13-14H2,1H3,(H,22,25);(H,6,7)/t16-,19+;/m0./s1. The number of nitrogens with zero attached hydrogens (tertiary/aromatic N) is 4. The van der Waals surface area contributed by atoms with Gasteiger partial charge in [-0.25, -0.2) is 4.79 Å². The van der Waals surface area contributed by atoms with Gasteiger partial charge < -0.3 is 15.2 Å². The van der Waals surface area contributed by atoms with E-state index < -0.39 is 12.1 Å². The highest BCUT2D eigenvalue weighted by atomic mass is 19.4. The van der Waals surface area contributed by atoms with Crippen molar-refractivity contribution < 1.29 is 32.6 Å². The molecule has 4 heterocycles. The van der Waals surface area contributed by atoms with Crippen LogP contribution in [-0.4, -0.2) is 74.2 Å². The number of ether oxygens (including phenoxy) is 1. The average Bonchev–Trinajstić information content (AvgIpc) is 3.35. The largest absolute Gasteiger partial charge is 0.490 e. The Morgan fingerprint density at radius 3 is 2.73 bits per heavy atom. The molecule has 2 aromatic heterocycles. The Labute approximate surface area is 188 Å². The van der Waals surface area contributed by atoms with Crippen molar-refractivity contribution >= 4 is 11.9 Å². The fourth-order valence-corrected chi connectivity index (χ4v) is 4.03. The molecule has 2 aliphatic heterocycles. The second-order valence-corrected chi connectivity index (χ2v) is 8.18. The maximum Gasteiger partial charge on any atom is 0.490 e. The van der Waals surface area contributed by atoms with Crippen molar-refractivity contribution in [2.45, 2.75) is 43.6 Å². The van der Waals surface area contributed by atoms with Crippen molar-refractivity contribution in [3.8, 4) is 0 Å². The highest BCUT2D eigenvalue weighted by molar-refractivity contribution is 5.93. The van der Waals surface area contributed by atoms with Gasteiger partial charge in [0.2, 0.25) is 0 Å². The smallest absolute Gasteiger partial charge is 0.475 e. The maximum atomic E-state index is 12.4. The molecule has 1 amide bonds. The Kier molecular flexibility index (Phi) is 7.69. The third kappa shape index (κ3) is 6.99. The van der Waals surface area contributed by atoms with E-state index in [-0.39, 0.29) is 17.6 Å². The number of hydrogen-bond donors (Lipinski definition) is 2. The van der Waals surface area contributed by atoms with Crippen LogP contribution in [0.3, 0.4) is 0 Å². The van der Waals surface area contributed by atoms with Crippen molar-refractivity contribution in [2.24, 2.45) is 7.05 Å². The molecule has 12 heteroatoms. The zero-order valence-corrected chi connectivity index (χ0v) is 18.1. The molecule has 2 N–H and O–H groups in total. The molecule has 180 valence electrons. The van der Waals surface area contributed by atoms with Gasteiger partial charge in [-0.1, -0.05) is 6.07 Å². The number of carbonyl (C=O) groups is 2. The Morgan fingerprint density at radius 2 is 2.12 bits per heavy atom. The minimum atomic E-state index is -5.08. The number of pyridine rings is 1. The van der Waals surface area contributed by atoms with E-state index in [1.807, 2.05) is 25.4 Å². The summed E-state index contributed by atoms with van der Waals surface area (Å²) in [5.41, 5.74) is 1.54. The van der Waals surface area contributed by atoms with E-state index in [1.54, 1.807) is 17.1 Å². The summed E-state index contributed by atoms with van der Waals surface area (Å²) in [6.07, 6.45) is 2.82. The molecule has 0 unspecified atom stereocenters. The fraction of sp³-hybridized carbons (Fsp3) is 0.524. The SMILES string of the molecule is Cn1cc(C(=O)N[C@H]2CCO[C@]3(CCN(Cc4ccccn4)C3)C2)cn1.O=C(O)C(F)(F)F. The minimum absolute atomic E-state index is 0.0523. The van der Waals surface area contributed by atoms with E-state index in [2.05, 4.69) is 26.4 Å². The zero-order chi connectivity index (χ0) is 24.1. The maximum absolute atomic E-state index is 12.4. The molecule has 4 rings (SSSR count). The third-order valence-electron chi connectivity index (χ3n) is 5.54. The van der Waals surface area contributed by atoms with Gasteiger partial charge in [0, 0.05) is 51.7 Å².